The summed E-state index contributed by atoms with van der Waals surface area (Å²) >= 11 is 0. The summed E-state index contributed by atoms with van der Waals surface area (Å²) in [5.41, 5.74) is 1.03. The van der Waals surface area contributed by atoms with Gasteiger partial charge in [-0.25, -0.2) is 0 Å². The van der Waals surface area contributed by atoms with E-state index >= 15 is 0 Å². The SMILES string of the molecule is COc1cccc(C2OCCCC2C#N)c1. The van der Waals surface area contributed by atoms with E-state index in [4.69, 9.17) is 14.7 Å². The van der Waals surface area contributed by atoms with Crippen LogP contribution in [0.4, 0.5) is 0 Å². The second kappa shape index (κ2) is 5.00. The number of hydrogen-bond donors (Lipinski definition) is 0. The Morgan fingerprint density at radius 2 is 2.38 bits per heavy atom. The molecule has 2 unspecified atom stereocenters. The number of hydrogen-bond acceptors (Lipinski definition) is 3. The van der Waals surface area contributed by atoms with Crippen molar-refractivity contribution >= 4 is 0 Å². The van der Waals surface area contributed by atoms with Crippen molar-refractivity contribution in [1.82, 2.24) is 0 Å². The van der Waals surface area contributed by atoms with Crippen LogP contribution in [0.25, 0.3) is 0 Å². The highest BCUT2D eigenvalue weighted by atomic mass is 16.5. The summed E-state index contributed by atoms with van der Waals surface area (Å²) in [6.07, 6.45) is 1.78. The van der Waals surface area contributed by atoms with Gasteiger partial charge in [0.15, 0.2) is 0 Å². The molecule has 2 rings (SSSR count). The summed E-state index contributed by atoms with van der Waals surface area (Å²) in [6.45, 7) is 0.736. The maximum Gasteiger partial charge on any atom is 0.119 e. The van der Waals surface area contributed by atoms with Gasteiger partial charge in [0.1, 0.15) is 5.75 Å². The van der Waals surface area contributed by atoms with E-state index < -0.39 is 0 Å². The minimum atomic E-state index is -0.103. The van der Waals surface area contributed by atoms with Gasteiger partial charge in [0.2, 0.25) is 0 Å². The average molecular weight is 217 g/mol. The molecule has 1 aliphatic heterocycles. The van der Waals surface area contributed by atoms with Crippen molar-refractivity contribution < 1.29 is 9.47 Å². The van der Waals surface area contributed by atoms with Crippen molar-refractivity contribution in [2.45, 2.75) is 18.9 Å². The summed E-state index contributed by atoms with van der Waals surface area (Å²) in [6, 6.07) is 10.1. The van der Waals surface area contributed by atoms with Gasteiger partial charge in [-0.15, -0.1) is 0 Å². The van der Waals surface area contributed by atoms with Crippen LogP contribution in [0, 0.1) is 17.2 Å². The molecule has 0 N–H and O–H groups in total. The molecule has 1 saturated heterocycles. The van der Waals surface area contributed by atoms with Gasteiger partial charge in [0.05, 0.1) is 25.2 Å². The van der Waals surface area contributed by atoms with Crippen LogP contribution >= 0.6 is 0 Å². The molecule has 0 bridgehead atoms. The van der Waals surface area contributed by atoms with Gasteiger partial charge < -0.3 is 9.47 Å². The smallest absolute Gasteiger partial charge is 0.119 e. The number of rotatable bonds is 2. The third kappa shape index (κ3) is 2.17. The fourth-order valence-corrected chi connectivity index (χ4v) is 2.06. The van der Waals surface area contributed by atoms with Gasteiger partial charge in [-0.3, -0.25) is 0 Å². The first kappa shape index (κ1) is 11.0. The molecule has 1 aromatic carbocycles. The lowest BCUT2D eigenvalue weighted by atomic mass is 9.91. The molecule has 16 heavy (non-hydrogen) atoms. The van der Waals surface area contributed by atoms with Crippen LogP contribution in [0.2, 0.25) is 0 Å². The molecule has 1 fully saturated rings. The molecule has 0 aliphatic carbocycles. The van der Waals surface area contributed by atoms with Crippen molar-refractivity contribution in [2.24, 2.45) is 5.92 Å². The zero-order chi connectivity index (χ0) is 11.4. The molecule has 3 heteroatoms. The Morgan fingerprint density at radius 1 is 1.50 bits per heavy atom. The van der Waals surface area contributed by atoms with Crippen molar-refractivity contribution in [3.63, 3.8) is 0 Å². The Balaban J connectivity index is 2.24. The Labute approximate surface area is 95.6 Å². The Hall–Kier alpha value is -1.53. The van der Waals surface area contributed by atoms with E-state index in [0.29, 0.717) is 0 Å². The van der Waals surface area contributed by atoms with Crippen LogP contribution in [0.15, 0.2) is 24.3 Å². The topological polar surface area (TPSA) is 42.2 Å². The lowest BCUT2D eigenvalue weighted by Crippen LogP contribution is -2.21. The minimum absolute atomic E-state index is 0.0409. The molecule has 0 saturated carbocycles. The van der Waals surface area contributed by atoms with Gasteiger partial charge in [-0.1, -0.05) is 12.1 Å². The second-order valence-corrected chi connectivity index (χ2v) is 3.95. The second-order valence-electron chi connectivity index (χ2n) is 3.95. The van der Waals surface area contributed by atoms with Crippen LogP contribution < -0.4 is 4.74 Å². The number of benzene rings is 1. The summed E-state index contributed by atoms with van der Waals surface area (Å²) in [5.74, 6) is 0.768. The molecule has 3 nitrogen and oxygen atoms in total. The maximum absolute atomic E-state index is 9.09. The lowest BCUT2D eigenvalue weighted by Gasteiger charge is -2.27. The van der Waals surface area contributed by atoms with E-state index in [-0.39, 0.29) is 12.0 Å². The van der Waals surface area contributed by atoms with Crippen LogP contribution in [-0.2, 0) is 4.74 Å². The predicted molar refractivity (Wildman–Crippen MR) is 60.0 cm³/mol. The van der Waals surface area contributed by atoms with Crippen LogP contribution in [-0.4, -0.2) is 13.7 Å². The number of ether oxygens (including phenoxy) is 2. The Morgan fingerprint density at radius 3 is 3.12 bits per heavy atom. The van der Waals surface area contributed by atoms with Crippen LogP contribution in [0.1, 0.15) is 24.5 Å². The van der Waals surface area contributed by atoms with Gasteiger partial charge in [0.25, 0.3) is 0 Å². The van der Waals surface area contributed by atoms with Gasteiger partial charge in [0, 0.05) is 6.61 Å². The number of nitrogens with zero attached hydrogens (tertiary/aromatic N) is 1. The van der Waals surface area contributed by atoms with E-state index in [1.165, 1.54) is 0 Å². The summed E-state index contributed by atoms with van der Waals surface area (Å²) < 4.78 is 10.9. The van der Waals surface area contributed by atoms with E-state index in [0.717, 1.165) is 30.8 Å². The first-order valence-corrected chi connectivity index (χ1v) is 5.50. The van der Waals surface area contributed by atoms with E-state index in [1.807, 2.05) is 24.3 Å². The highest BCUT2D eigenvalue weighted by Gasteiger charge is 2.27. The fraction of sp³-hybridized carbons (Fsp3) is 0.462. The summed E-state index contributed by atoms with van der Waals surface area (Å²) in [4.78, 5) is 0. The maximum atomic E-state index is 9.09. The molecule has 0 aromatic heterocycles. The zero-order valence-corrected chi connectivity index (χ0v) is 9.35. The lowest BCUT2D eigenvalue weighted by molar-refractivity contribution is -0.0102. The Kier molecular flexibility index (Phi) is 3.43. The van der Waals surface area contributed by atoms with E-state index in [1.54, 1.807) is 7.11 Å². The van der Waals surface area contributed by atoms with Crippen molar-refractivity contribution in [1.29, 1.82) is 5.26 Å². The van der Waals surface area contributed by atoms with Gasteiger partial charge in [-0.05, 0) is 30.5 Å². The fourth-order valence-electron chi connectivity index (χ4n) is 2.06. The van der Waals surface area contributed by atoms with Crippen molar-refractivity contribution in [3.05, 3.63) is 29.8 Å². The molecule has 1 heterocycles. The number of nitriles is 1. The summed E-state index contributed by atoms with van der Waals surface area (Å²) in [5, 5.41) is 9.09. The minimum Gasteiger partial charge on any atom is -0.497 e. The average Bonchev–Trinajstić information content (AvgIpc) is 2.38. The summed E-state index contributed by atoms with van der Waals surface area (Å²) in [7, 11) is 1.64. The third-order valence-electron chi connectivity index (χ3n) is 2.91. The van der Waals surface area contributed by atoms with E-state index in [2.05, 4.69) is 6.07 Å². The molecular formula is C13H15NO2. The molecule has 0 spiro atoms. The van der Waals surface area contributed by atoms with Crippen LogP contribution in [0.5, 0.6) is 5.75 Å². The van der Waals surface area contributed by atoms with Crippen LogP contribution in [0.3, 0.4) is 0 Å². The van der Waals surface area contributed by atoms with Gasteiger partial charge >= 0.3 is 0 Å². The molecule has 1 aromatic rings. The molecule has 0 amide bonds. The zero-order valence-electron chi connectivity index (χ0n) is 9.35. The molecule has 1 aliphatic rings. The molecule has 2 atom stereocenters. The first-order chi connectivity index (χ1) is 7.85. The highest BCUT2D eigenvalue weighted by Crippen LogP contribution is 2.34. The normalized spacial score (nSPS) is 24.8. The standard InChI is InChI=1S/C13H15NO2/c1-15-12-6-2-4-10(8-12)13-11(9-14)5-3-7-16-13/h2,4,6,8,11,13H,3,5,7H2,1H3. The highest BCUT2D eigenvalue weighted by molar-refractivity contribution is 5.31. The monoisotopic (exact) mass is 217 g/mol. The first-order valence-electron chi connectivity index (χ1n) is 5.50. The largest absolute Gasteiger partial charge is 0.497 e. The quantitative estimate of drug-likeness (QED) is 0.764. The Bertz CT molecular complexity index is 397. The molecular weight excluding hydrogens is 202 g/mol. The predicted octanol–water partition coefficient (Wildman–Crippen LogP) is 2.69. The van der Waals surface area contributed by atoms with Crippen molar-refractivity contribution in [2.75, 3.05) is 13.7 Å². The molecule has 84 valence electrons. The molecule has 0 radical (unpaired) electrons. The van der Waals surface area contributed by atoms with Gasteiger partial charge in [-0.2, -0.15) is 5.26 Å². The van der Waals surface area contributed by atoms with E-state index in [9.17, 15) is 0 Å². The third-order valence-corrected chi connectivity index (χ3v) is 2.91. The number of methoxy groups -OCH3 is 1. The van der Waals surface area contributed by atoms with Crippen molar-refractivity contribution in [3.8, 4) is 11.8 Å².